The summed E-state index contributed by atoms with van der Waals surface area (Å²) in [5.41, 5.74) is -0.0113. The Morgan fingerprint density at radius 3 is 3.00 bits per heavy atom. The minimum Gasteiger partial charge on any atom is -0.320 e. The molecule has 2 N–H and O–H groups in total. The minimum absolute atomic E-state index is 0.181. The smallest absolute Gasteiger partial charge is 0.294 e. The molecule has 2 heterocycles. The maximum absolute atomic E-state index is 12.4. The van der Waals surface area contributed by atoms with Crippen molar-refractivity contribution in [2.75, 3.05) is 18.4 Å². The zero-order valence-electron chi connectivity index (χ0n) is 12.8. The third-order valence-corrected chi connectivity index (χ3v) is 5.41. The molecule has 2 aromatic rings. The van der Waals surface area contributed by atoms with Gasteiger partial charge in [0.25, 0.3) is 11.6 Å². The Morgan fingerprint density at radius 2 is 2.29 bits per heavy atom. The summed E-state index contributed by atoms with van der Waals surface area (Å²) in [5.74, 6) is -0.223. The van der Waals surface area contributed by atoms with E-state index in [0.717, 1.165) is 19.4 Å². The van der Waals surface area contributed by atoms with Crippen LogP contribution in [0.1, 0.15) is 23.8 Å². The van der Waals surface area contributed by atoms with Gasteiger partial charge in [-0.25, -0.2) is 0 Å². The van der Waals surface area contributed by atoms with Gasteiger partial charge in [0.05, 0.1) is 16.3 Å². The Labute approximate surface area is 148 Å². The zero-order chi connectivity index (χ0) is 17.1. The topological polar surface area (TPSA) is 76.7 Å². The SMILES string of the molecule is O=C(C[NH+]1CCC[C@H]1c1cccs1)Nc1ccc(Cl)cc1[N+](=O)[O-]. The molecule has 1 saturated heterocycles. The van der Waals surface area contributed by atoms with E-state index in [1.165, 1.54) is 28.0 Å². The molecule has 2 atom stereocenters. The molecule has 1 aromatic heterocycles. The third kappa shape index (κ3) is 3.75. The Kier molecular flexibility index (Phi) is 5.13. The molecule has 0 spiro atoms. The van der Waals surface area contributed by atoms with Crippen LogP contribution >= 0.6 is 22.9 Å². The first kappa shape index (κ1) is 16.9. The number of carbonyl (C=O) groups excluding carboxylic acids is 1. The molecule has 126 valence electrons. The van der Waals surface area contributed by atoms with Gasteiger partial charge in [-0.2, -0.15) is 0 Å². The number of nitrogens with one attached hydrogen (secondary N) is 2. The summed E-state index contributed by atoms with van der Waals surface area (Å²) in [6.45, 7) is 1.22. The van der Waals surface area contributed by atoms with Crippen LogP contribution in [-0.2, 0) is 4.79 Å². The maximum atomic E-state index is 12.4. The third-order valence-electron chi connectivity index (χ3n) is 4.19. The van der Waals surface area contributed by atoms with Gasteiger partial charge >= 0.3 is 0 Å². The lowest BCUT2D eigenvalue weighted by Gasteiger charge is -2.20. The summed E-state index contributed by atoms with van der Waals surface area (Å²) in [4.78, 5) is 25.4. The first-order valence-corrected chi connectivity index (χ1v) is 8.92. The van der Waals surface area contributed by atoms with Crippen molar-refractivity contribution in [3.05, 3.63) is 55.7 Å². The van der Waals surface area contributed by atoms with Crippen molar-refractivity contribution < 1.29 is 14.6 Å². The van der Waals surface area contributed by atoms with E-state index in [4.69, 9.17) is 11.6 Å². The van der Waals surface area contributed by atoms with Crippen LogP contribution in [0, 0.1) is 10.1 Å². The van der Waals surface area contributed by atoms with E-state index in [1.807, 2.05) is 11.4 Å². The van der Waals surface area contributed by atoms with Gasteiger partial charge in [0.15, 0.2) is 6.54 Å². The summed E-state index contributed by atoms with van der Waals surface area (Å²) >= 11 is 7.50. The second kappa shape index (κ2) is 7.29. The zero-order valence-corrected chi connectivity index (χ0v) is 14.4. The summed E-state index contributed by atoms with van der Waals surface area (Å²) < 4.78 is 0. The van der Waals surface area contributed by atoms with Gasteiger partial charge in [-0.3, -0.25) is 14.9 Å². The fourth-order valence-electron chi connectivity index (χ4n) is 3.12. The molecule has 24 heavy (non-hydrogen) atoms. The highest BCUT2D eigenvalue weighted by Gasteiger charge is 2.32. The predicted octanol–water partition coefficient (Wildman–Crippen LogP) is 2.67. The molecule has 6 nitrogen and oxygen atoms in total. The first-order chi connectivity index (χ1) is 11.5. The van der Waals surface area contributed by atoms with Crippen molar-refractivity contribution in [3.8, 4) is 0 Å². The molecular formula is C16H17ClN3O3S+. The molecular weight excluding hydrogens is 350 g/mol. The van der Waals surface area contributed by atoms with E-state index in [-0.39, 0.29) is 22.3 Å². The average molecular weight is 367 g/mol. The Bertz CT molecular complexity index is 751. The predicted molar refractivity (Wildman–Crippen MR) is 93.7 cm³/mol. The molecule has 1 amide bonds. The molecule has 0 radical (unpaired) electrons. The monoisotopic (exact) mass is 366 g/mol. The largest absolute Gasteiger partial charge is 0.320 e. The van der Waals surface area contributed by atoms with Gasteiger partial charge in [-0.15, -0.1) is 11.3 Å². The van der Waals surface area contributed by atoms with Crippen LogP contribution in [0.25, 0.3) is 0 Å². The minimum atomic E-state index is -0.543. The second-order valence-corrected chi connectivity index (χ2v) is 7.18. The Morgan fingerprint density at radius 1 is 1.46 bits per heavy atom. The van der Waals surface area contributed by atoms with Crippen molar-refractivity contribution in [3.63, 3.8) is 0 Å². The molecule has 1 aromatic carbocycles. The lowest BCUT2D eigenvalue weighted by atomic mass is 10.2. The maximum Gasteiger partial charge on any atom is 0.294 e. The number of hydrogen-bond donors (Lipinski definition) is 2. The lowest BCUT2D eigenvalue weighted by Crippen LogP contribution is -3.11. The van der Waals surface area contributed by atoms with Crippen LogP contribution < -0.4 is 10.2 Å². The highest BCUT2D eigenvalue weighted by molar-refractivity contribution is 7.10. The van der Waals surface area contributed by atoms with E-state index in [2.05, 4.69) is 11.4 Å². The van der Waals surface area contributed by atoms with E-state index >= 15 is 0 Å². The standard InChI is InChI=1S/C16H16ClN3O3S/c17-11-5-6-12(14(9-11)20(22)23)18-16(21)10-19-7-1-3-13(19)15-4-2-8-24-15/h2,4-6,8-9,13H,1,3,7,10H2,(H,18,21)/p+1/t13-/m0/s1. The van der Waals surface area contributed by atoms with Gasteiger partial charge < -0.3 is 10.2 Å². The molecule has 8 heteroatoms. The van der Waals surface area contributed by atoms with Gasteiger partial charge in [0.2, 0.25) is 0 Å². The Hall–Kier alpha value is -1.96. The van der Waals surface area contributed by atoms with Crippen LogP contribution in [0.5, 0.6) is 0 Å². The number of hydrogen-bond acceptors (Lipinski definition) is 4. The van der Waals surface area contributed by atoms with Gasteiger partial charge in [-0.1, -0.05) is 17.7 Å². The fraction of sp³-hybridized carbons (Fsp3) is 0.312. The molecule has 0 bridgehead atoms. The number of benzene rings is 1. The summed E-state index contributed by atoms with van der Waals surface area (Å²) in [7, 11) is 0. The summed E-state index contributed by atoms with van der Waals surface area (Å²) in [5, 5.41) is 16.1. The highest BCUT2D eigenvalue weighted by Crippen LogP contribution is 2.28. The summed E-state index contributed by atoms with van der Waals surface area (Å²) in [6, 6.07) is 8.69. The highest BCUT2D eigenvalue weighted by atomic mass is 35.5. The summed E-state index contributed by atoms with van der Waals surface area (Å²) in [6.07, 6.45) is 2.14. The molecule has 0 saturated carbocycles. The molecule has 0 aliphatic carbocycles. The van der Waals surface area contributed by atoms with Gasteiger partial charge in [0.1, 0.15) is 11.7 Å². The molecule has 3 rings (SSSR count). The average Bonchev–Trinajstić information content (AvgIpc) is 3.19. The molecule has 1 aliphatic heterocycles. The fourth-order valence-corrected chi connectivity index (χ4v) is 4.20. The normalized spacial score (nSPS) is 20.0. The quantitative estimate of drug-likeness (QED) is 0.631. The van der Waals surface area contributed by atoms with Crippen LogP contribution in [0.15, 0.2) is 35.7 Å². The number of rotatable bonds is 5. The first-order valence-electron chi connectivity index (χ1n) is 7.66. The van der Waals surface area contributed by atoms with Crippen molar-refractivity contribution in [2.24, 2.45) is 0 Å². The molecule has 1 aliphatic rings. The molecule has 1 fully saturated rings. The number of thiophene rings is 1. The number of likely N-dealkylation sites (tertiary alicyclic amines) is 1. The molecule has 1 unspecified atom stereocenters. The Balaban J connectivity index is 1.69. The number of halogens is 1. The van der Waals surface area contributed by atoms with Crippen molar-refractivity contribution in [1.29, 1.82) is 0 Å². The van der Waals surface area contributed by atoms with Crippen LogP contribution in [0.2, 0.25) is 5.02 Å². The van der Waals surface area contributed by atoms with E-state index < -0.39 is 4.92 Å². The van der Waals surface area contributed by atoms with Gasteiger partial charge in [0, 0.05) is 23.9 Å². The number of nitro groups is 1. The number of nitro benzene ring substituents is 1. The number of nitrogens with zero attached hydrogens (tertiary/aromatic N) is 1. The van der Waals surface area contributed by atoms with Gasteiger partial charge in [-0.05, 0) is 23.6 Å². The number of quaternary nitrogens is 1. The van der Waals surface area contributed by atoms with E-state index in [9.17, 15) is 14.9 Å². The van der Waals surface area contributed by atoms with Crippen molar-refractivity contribution in [1.82, 2.24) is 0 Å². The van der Waals surface area contributed by atoms with Crippen molar-refractivity contribution in [2.45, 2.75) is 18.9 Å². The van der Waals surface area contributed by atoms with E-state index in [0.29, 0.717) is 12.6 Å². The number of amides is 1. The number of anilines is 1. The number of carbonyl (C=O) groups is 1. The van der Waals surface area contributed by atoms with Crippen LogP contribution in [-0.4, -0.2) is 23.9 Å². The van der Waals surface area contributed by atoms with Crippen LogP contribution in [0.3, 0.4) is 0 Å². The van der Waals surface area contributed by atoms with Crippen LogP contribution in [0.4, 0.5) is 11.4 Å². The van der Waals surface area contributed by atoms with E-state index in [1.54, 1.807) is 11.3 Å². The lowest BCUT2D eigenvalue weighted by molar-refractivity contribution is -0.910. The van der Waals surface area contributed by atoms with Crippen molar-refractivity contribution >= 4 is 40.2 Å². The second-order valence-electron chi connectivity index (χ2n) is 5.76.